The van der Waals surface area contributed by atoms with Gasteiger partial charge in [0, 0.05) is 19.6 Å². The van der Waals surface area contributed by atoms with Gasteiger partial charge in [-0.05, 0) is 45.7 Å². The normalized spacial score (nSPS) is 23.0. The van der Waals surface area contributed by atoms with E-state index in [0.717, 1.165) is 43.6 Å². The van der Waals surface area contributed by atoms with Gasteiger partial charge in [-0.3, -0.25) is 9.69 Å². The topological polar surface area (TPSA) is 67.6 Å². The summed E-state index contributed by atoms with van der Waals surface area (Å²) < 4.78 is 5.74. The quantitative estimate of drug-likeness (QED) is 0.749. The number of unbranched alkanes of at least 4 members (excludes halogenated alkanes) is 1. The largest absolute Gasteiger partial charge is 0.373 e. The van der Waals surface area contributed by atoms with E-state index in [9.17, 15) is 4.79 Å². The standard InChI is InChI=1S/C19H31N3O2/c1-14-6-8-17(9-7-14)18(20)19(23)21-10-4-5-11-22-12-15(2)24-16(3)13-22/h6-9,15-16,18H,4-5,10-13,20H2,1-3H3,(H,21,23). The zero-order valence-corrected chi connectivity index (χ0v) is 15.1. The molecule has 1 heterocycles. The van der Waals surface area contributed by atoms with Crippen LogP contribution in [0.5, 0.6) is 0 Å². The van der Waals surface area contributed by atoms with Crippen LogP contribution in [0, 0.1) is 6.92 Å². The molecule has 1 aromatic rings. The van der Waals surface area contributed by atoms with Crippen LogP contribution in [0.2, 0.25) is 0 Å². The monoisotopic (exact) mass is 333 g/mol. The lowest BCUT2D eigenvalue weighted by Gasteiger charge is -2.35. The minimum atomic E-state index is -0.591. The summed E-state index contributed by atoms with van der Waals surface area (Å²) in [6.07, 6.45) is 2.65. The zero-order chi connectivity index (χ0) is 17.5. The molecule has 0 radical (unpaired) electrons. The fourth-order valence-electron chi connectivity index (χ4n) is 3.17. The number of nitrogens with zero attached hydrogens (tertiary/aromatic N) is 1. The fourth-order valence-corrected chi connectivity index (χ4v) is 3.17. The molecule has 3 unspecified atom stereocenters. The van der Waals surface area contributed by atoms with Gasteiger partial charge in [0.05, 0.1) is 12.2 Å². The van der Waals surface area contributed by atoms with Gasteiger partial charge >= 0.3 is 0 Å². The van der Waals surface area contributed by atoms with E-state index in [1.165, 1.54) is 0 Å². The van der Waals surface area contributed by atoms with Crippen molar-refractivity contribution in [3.05, 3.63) is 35.4 Å². The summed E-state index contributed by atoms with van der Waals surface area (Å²) in [5, 5.41) is 2.94. The molecule has 0 bridgehead atoms. The molecule has 3 N–H and O–H groups in total. The first kappa shape index (κ1) is 18.9. The van der Waals surface area contributed by atoms with Gasteiger partial charge in [-0.25, -0.2) is 0 Å². The average molecular weight is 333 g/mol. The van der Waals surface area contributed by atoms with Crippen molar-refractivity contribution < 1.29 is 9.53 Å². The molecule has 1 amide bonds. The SMILES string of the molecule is Cc1ccc(C(N)C(=O)NCCCCN2CC(C)OC(C)C2)cc1. The number of ether oxygens (including phenoxy) is 1. The third kappa shape index (κ3) is 5.89. The van der Waals surface area contributed by atoms with Gasteiger partial charge in [0.25, 0.3) is 0 Å². The molecule has 0 saturated carbocycles. The molecule has 134 valence electrons. The van der Waals surface area contributed by atoms with Gasteiger partial charge in [0.2, 0.25) is 5.91 Å². The number of hydrogen-bond donors (Lipinski definition) is 2. The Morgan fingerprint density at radius 3 is 2.50 bits per heavy atom. The van der Waals surface area contributed by atoms with Crippen molar-refractivity contribution in [3.63, 3.8) is 0 Å². The maximum atomic E-state index is 12.1. The number of nitrogens with two attached hydrogens (primary N) is 1. The average Bonchev–Trinajstić information content (AvgIpc) is 2.53. The van der Waals surface area contributed by atoms with E-state index < -0.39 is 6.04 Å². The van der Waals surface area contributed by atoms with Crippen LogP contribution in [-0.2, 0) is 9.53 Å². The van der Waals surface area contributed by atoms with Crippen LogP contribution in [0.15, 0.2) is 24.3 Å². The van der Waals surface area contributed by atoms with Gasteiger partial charge in [0.1, 0.15) is 6.04 Å². The highest BCUT2D eigenvalue weighted by Crippen LogP contribution is 2.12. The second-order valence-corrected chi connectivity index (χ2v) is 6.90. The highest BCUT2D eigenvalue weighted by Gasteiger charge is 2.21. The molecular formula is C19H31N3O2. The van der Waals surface area contributed by atoms with Crippen LogP contribution >= 0.6 is 0 Å². The molecule has 0 aromatic heterocycles. The van der Waals surface area contributed by atoms with Crippen molar-refractivity contribution in [1.82, 2.24) is 10.2 Å². The van der Waals surface area contributed by atoms with Crippen molar-refractivity contribution >= 4 is 5.91 Å². The molecule has 3 atom stereocenters. The number of rotatable bonds is 7. The van der Waals surface area contributed by atoms with Crippen LogP contribution in [0.3, 0.4) is 0 Å². The molecule has 0 spiro atoms. The van der Waals surface area contributed by atoms with Gasteiger partial charge < -0.3 is 15.8 Å². The molecule has 1 saturated heterocycles. The maximum Gasteiger partial charge on any atom is 0.241 e. The van der Waals surface area contributed by atoms with Crippen LogP contribution in [-0.4, -0.2) is 49.2 Å². The molecule has 0 aliphatic carbocycles. The van der Waals surface area contributed by atoms with Gasteiger partial charge in [-0.15, -0.1) is 0 Å². The third-order valence-corrected chi connectivity index (χ3v) is 4.41. The Labute approximate surface area is 145 Å². The number of carbonyl (C=O) groups excluding carboxylic acids is 1. The molecule has 1 fully saturated rings. The van der Waals surface area contributed by atoms with E-state index >= 15 is 0 Å². The first-order valence-corrected chi connectivity index (χ1v) is 8.93. The Morgan fingerprint density at radius 1 is 1.25 bits per heavy atom. The Hall–Kier alpha value is -1.43. The minimum Gasteiger partial charge on any atom is -0.373 e. The van der Waals surface area contributed by atoms with Crippen molar-refractivity contribution in [1.29, 1.82) is 0 Å². The lowest BCUT2D eigenvalue weighted by atomic mass is 10.1. The number of carbonyl (C=O) groups is 1. The zero-order valence-electron chi connectivity index (χ0n) is 15.1. The Bertz CT molecular complexity index is 508. The molecular weight excluding hydrogens is 302 g/mol. The van der Waals surface area contributed by atoms with Crippen molar-refractivity contribution in [2.45, 2.75) is 51.9 Å². The number of hydrogen-bond acceptors (Lipinski definition) is 4. The van der Waals surface area contributed by atoms with Crippen molar-refractivity contribution in [2.24, 2.45) is 5.73 Å². The van der Waals surface area contributed by atoms with Gasteiger partial charge in [-0.2, -0.15) is 0 Å². The molecule has 1 aliphatic heterocycles. The highest BCUT2D eigenvalue weighted by molar-refractivity contribution is 5.82. The van der Waals surface area contributed by atoms with Gasteiger partial charge in [0.15, 0.2) is 0 Å². The number of aryl methyl sites for hydroxylation is 1. The van der Waals surface area contributed by atoms with E-state index in [-0.39, 0.29) is 5.91 Å². The van der Waals surface area contributed by atoms with E-state index in [1.54, 1.807) is 0 Å². The van der Waals surface area contributed by atoms with Crippen LogP contribution in [0.1, 0.15) is 43.9 Å². The molecule has 5 nitrogen and oxygen atoms in total. The van der Waals surface area contributed by atoms with Crippen LogP contribution < -0.4 is 11.1 Å². The van der Waals surface area contributed by atoms with Crippen molar-refractivity contribution in [2.75, 3.05) is 26.2 Å². The summed E-state index contributed by atoms with van der Waals surface area (Å²) in [5.41, 5.74) is 8.04. The lowest BCUT2D eigenvalue weighted by molar-refractivity contribution is -0.122. The Morgan fingerprint density at radius 2 is 1.88 bits per heavy atom. The summed E-state index contributed by atoms with van der Waals surface area (Å²) in [5.74, 6) is -0.104. The number of amides is 1. The first-order valence-electron chi connectivity index (χ1n) is 8.93. The minimum absolute atomic E-state index is 0.104. The molecule has 1 aliphatic rings. The summed E-state index contributed by atoms with van der Waals surface area (Å²) in [6, 6.07) is 7.20. The Balaban J connectivity index is 1.63. The second kappa shape index (κ2) is 9.16. The van der Waals surface area contributed by atoms with E-state index in [4.69, 9.17) is 10.5 Å². The summed E-state index contributed by atoms with van der Waals surface area (Å²) in [4.78, 5) is 14.6. The number of benzene rings is 1. The predicted octanol–water partition coefficient (Wildman–Crippen LogP) is 2.00. The Kier molecular flexibility index (Phi) is 7.21. The van der Waals surface area contributed by atoms with E-state index in [0.29, 0.717) is 18.8 Å². The van der Waals surface area contributed by atoms with Crippen LogP contribution in [0.4, 0.5) is 0 Å². The van der Waals surface area contributed by atoms with Crippen LogP contribution in [0.25, 0.3) is 0 Å². The first-order chi connectivity index (χ1) is 11.5. The summed E-state index contributed by atoms with van der Waals surface area (Å²) >= 11 is 0. The van der Waals surface area contributed by atoms with Gasteiger partial charge in [-0.1, -0.05) is 29.8 Å². The molecule has 5 heteroatoms. The molecule has 1 aromatic carbocycles. The van der Waals surface area contributed by atoms with E-state index in [2.05, 4.69) is 24.1 Å². The smallest absolute Gasteiger partial charge is 0.241 e. The third-order valence-electron chi connectivity index (χ3n) is 4.41. The van der Waals surface area contributed by atoms with Crippen molar-refractivity contribution in [3.8, 4) is 0 Å². The summed E-state index contributed by atoms with van der Waals surface area (Å²) in [6.45, 7) is 9.98. The second-order valence-electron chi connectivity index (χ2n) is 6.90. The number of morpholine rings is 1. The highest BCUT2D eigenvalue weighted by atomic mass is 16.5. The molecule has 24 heavy (non-hydrogen) atoms. The summed E-state index contributed by atoms with van der Waals surface area (Å²) in [7, 11) is 0. The predicted molar refractivity (Wildman–Crippen MR) is 96.8 cm³/mol. The fraction of sp³-hybridized carbons (Fsp3) is 0.632. The maximum absolute atomic E-state index is 12.1. The number of nitrogens with one attached hydrogen (secondary N) is 1. The molecule has 2 rings (SSSR count). The van der Waals surface area contributed by atoms with E-state index in [1.807, 2.05) is 31.2 Å². The lowest BCUT2D eigenvalue weighted by Crippen LogP contribution is -2.45.